The summed E-state index contributed by atoms with van der Waals surface area (Å²) in [4.78, 5) is 2.46. The zero-order chi connectivity index (χ0) is 13.7. The monoisotopic (exact) mass is 260 g/mol. The van der Waals surface area contributed by atoms with Crippen LogP contribution in [0.2, 0.25) is 0 Å². The lowest BCUT2D eigenvalue weighted by atomic mass is 9.97. The number of benzene rings is 1. The van der Waals surface area contributed by atoms with E-state index in [1.807, 2.05) is 19.1 Å². The molecule has 3 heteroatoms. The van der Waals surface area contributed by atoms with Gasteiger partial charge >= 0.3 is 0 Å². The lowest BCUT2D eigenvalue weighted by Crippen LogP contribution is -2.45. The summed E-state index contributed by atoms with van der Waals surface area (Å²) >= 11 is 0. The summed E-state index contributed by atoms with van der Waals surface area (Å²) in [7, 11) is 0. The van der Waals surface area contributed by atoms with Crippen molar-refractivity contribution in [3.63, 3.8) is 0 Å². The van der Waals surface area contributed by atoms with Crippen molar-refractivity contribution in [2.75, 3.05) is 26.2 Å². The predicted molar refractivity (Wildman–Crippen MR) is 79.5 cm³/mol. The second-order valence-electron chi connectivity index (χ2n) is 5.23. The Morgan fingerprint density at radius 1 is 1.42 bits per heavy atom. The zero-order valence-electron chi connectivity index (χ0n) is 11.7. The van der Waals surface area contributed by atoms with Gasteiger partial charge in [0.2, 0.25) is 0 Å². The van der Waals surface area contributed by atoms with E-state index >= 15 is 0 Å². The normalized spacial score (nSPS) is 18.2. The number of nitrogens with zero attached hydrogens (tertiary/aromatic N) is 1. The summed E-state index contributed by atoms with van der Waals surface area (Å²) in [5.41, 5.74) is 2.15. The maximum absolute atomic E-state index is 10.2. The van der Waals surface area contributed by atoms with E-state index in [1.54, 1.807) is 0 Å². The van der Waals surface area contributed by atoms with Gasteiger partial charge in [-0.2, -0.15) is 0 Å². The topological polar surface area (TPSA) is 35.5 Å². The molecule has 0 aliphatic carbocycles. The van der Waals surface area contributed by atoms with Crippen LogP contribution in [0.3, 0.4) is 0 Å². The molecule has 3 nitrogen and oxygen atoms in total. The highest BCUT2D eigenvalue weighted by atomic mass is 16.3. The van der Waals surface area contributed by atoms with Crippen LogP contribution in [0.4, 0.5) is 0 Å². The Bertz CT molecular complexity index is 425. The lowest BCUT2D eigenvalue weighted by Gasteiger charge is -2.35. The van der Waals surface area contributed by atoms with E-state index in [0.29, 0.717) is 11.8 Å². The second-order valence-corrected chi connectivity index (χ2v) is 5.23. The molecule has 2 rings (SSSR count). The van der Waals surface area contributed by atoms with Gasteiger partial charge in [0.25, 0.3) is 0 Å². The van der Waals surface area contributed by atoms with Gasteiger partial charge in [-0.15, -0.1) is 6.58 Å². The van der Waals surface area contributed by atoms with Gasteiger partial charge < -0.3 is 10.4 Å². The molecule has 1 heterocycles. The van der Waals surface area contributed by atoms with Crippen LogP contribution in [0.1, 0.15) is 30.0 Å². The number of phenols is 1. The van der Waals surface area contributed by atoms with Gasteiger partial charge in [-0.1, -0.05) is 18.2 Å². The summed E-state index contributed by atoms with van der Waals surface area (Å²) in [6, 6.07) is 6.30. The van der Waals surface area contributed by atoms with Gasteiger partial charge in [-0.3, -0.25) is 4.90 Å². The Balaban J connectivity index is 2.22. The smallest absolute Gasteiger partial charge is 0.120 e. The highest BCUT2D eigenvalue weighted by molar-refractivity contribution is 5.38. The second kappa shape index (κ2) is 6.73. The highest BCUT2D eigenvalue weighted by Gasteiger charge is 2.23. The minimum Gasteiger partial charge on any atom is -0.508 e. The van der Waals surface area contributed by atoms with Crippen molar-refractivity contribution in [3.8, 4) is 5.75 Å². The fourth-order valence-corrected chi connectivity index (χ4v) is 2.74. The van der Waals surface area contributed by atoms with Gasteiger partial charge in [0.15, 0.2) is 0 Å². The number of hydrogen-bond acceptors (Lipinski definition) is 3. The van der Waals surface area contributed by atoms with Crippen LogP contribution in [-0.2, 0) is 0 Å². The van der Waals surface area contributed by atoms with Crippen LogP contribution < -0.4 is 5.32 Å². The van der Waals surface area contributed by atoms with Gasteiger partial charge in [0.1, 0.15) is 5.75 Å². The average molecular weight is 260 g/mol. The number of phenolic OH excluding ortho intramolecular Hbond substituents is 1. The van der Waals surface area contributed by atoms with Crippen molar-refractivity contribution in [2.45, 2.75) is 25.8 Å². The van der Waals surface area contributed by atoms with Crippen LogP contribution in [0.25, 0.3) is 0 Å². The van der Waals surface area contributed by atoms with Gasteiger partial charge in [-0.05, 0) is 31.4 Å². The molecule has 1 saturated heterocycles. The third-order valence-electron chi connectivity index (χ3n) is 3.78. The number of rotatable bonds is 5. The number of aromatic hydroxyl groups is 1. The summed E-state index contributed by atoms with van der Waals surface area (Å²) in [6.45, 7) is 9.95. The molecule has 0 spiro atoms. The Morgan fingerprint density at radius 3 is 2.79 bits per heavy atom. The molecule has 0 amide bonds. The van der Waals surface area contributed by atoms with Crippen LogP contribution in [0, 0.1) is 6.92 Å². The van der Waals surface area contributed by atoms with Crippen LogP contribution in [-0.4, -0.2) is 36.2 Å². The Hall–Kier alpha value is -1.32. The van der Waals surface area contributed by atoms with E-state index in [-0.39, 0.29) is 0 Å². The summed E-state index contributed by atoms with van der Waals surface area (Å²) in [6.07, 6.45) is 3.95. The van der Waals surface area contributed by atoms with Crippen molar-refractivity contribution < 1.29 is 5.11 Å². The van der Waals surface area contributed by atoms with Crippen LogP contribution in [0.15, 0.2) is 30.9 Å². The zero-order valence-corrected chi connectivity index (χ0v) is 11.7. The van der Waals surface area contributed by atoms with Gasteiger partial charge in [0.05, 0.1) is 0 Å². The van der Waals surface area contributed by atoms with Gasteiger partial charge in [-0.25, -0.2) is 0 Å². The number of piperazine rings is 1. The highest BCUT2D eigenvalue weighted by Crippen LogP contribution is 2.33. The molecule has 2 N–H and O–H groups in total. The first-order valence-corrected chi connectivity index (χ1v) is 7.07. The fraction of sp³-hybridized carbons (Fsp3) is 0.500. The molecule has 0 unspecified atom stereocenters. The number of nitrogens with one attached hydrogen (secondary N) is 1. The van der Waals surface area contributed by atoms with Crippen molar-refractivity contribution >= 4 is 0 Å². The molecular weight excluding hydrogens is 236 g/mol. The number of allylic oxidation sites excluding steroid dienone is 1. The van der Waals surface area contributed by atoms with E-state index in [9.17, 15) is 5.11 Å². The van der Waals surface area contributed by atoms with E-state index < -0.39 is 0 Å². The molecule has 0 radical (unpaired) electrons. The van der Waals surface area contributed by atoms with Crippen LogP contribution in [0.5, 0.6) is 5.75 Å². The first-order chi connectivity index (χ1) is 9.22. The molecule has 104 valence electrons. The SMILES string of the molecule is C=CCC[C@H](c1ccc(C)cc1O)N1CCNCC1. The third-order valence-corrected chi connectivity index (χ3v) is 3.78. The largest absolute Gasteiger partial charge is 0.508 e. The Kier molecular flexibility index (Phi) is 5.00. The number of hydrogen-bond donors (Lipinski definition) is 2. The molecule has 19 heavy (non-hydrogen) atoms. The predicted octanol–water partition coefficient (Wildman–Crippen LogP) is 2.61. The van der Waals surface area contributed by atoms with Crippen molar-refractivity contribution in [1.29, 1.82) is 0 Å². The summed E-state index contributed by atoms with van der Waals surface area (Å²) in [5.74, 6) is 0.424. The molecule has 1 aliphatic rings. The van der Waals surface area contributed by atoms with Crippen molar-refractivity contribution in [1.82, 2.24) is 10.2 Å². The average Bonchev–Trinajstić information content (AvgIpc) is 2.42. The fourth-order valence-electron chi connectivity index (χ4n) is 2.74. The molecule has 0 bridgehead atoms. The van der Waals surface area contributed by atoms with Crippen LogP contribution >= 0.6 is 0 Å². The summed E-state index contributed by atoms with van der Waals surface area (Å²) in [5, 5.41) is 13.6. The Labute approximate surface area is 115 Å². The molecule has 1 atom stereocenters. The number of aryl methyl sites for hydroxylation is 1. The molecule has 1 aromatic rings. The summed E-state index contributed by atoms with van der Waals surface area (Å²) < 4.78 is 0. The maximum Gasteiger partial charge on any atom is 0.120 e. The molecular formula is C16H24N2O. The molecule has 1 aliphatic heterocycles. The van der Waals surface area contributed by atoms with Gasteiger partial charge in [0, 0.05) is 37.8 Å². The quantitative estimate of drug-likeness (QED) is 0.799. The van der Waals surface area contributed by atoms with Crippen molar-refractivity contribution in [2.24, 2.45) is 0 Å². The molecule has 0 aromatic heterocycles. The van der Waals surface area contributed by atoms with E-state index in [2.05, 4.69) is 28.9 Å². The third kappa shape index (κ3) is 3.58. The van der Waals surface area contributed by atoms with E-state index in [0.717, 1.165) is 50.1 Å². The minimum atomic E-state index is 0.292. The Morgan fingerprint density at radius 2 is 2.16 bits per heavy atom. The molecule has 1 aromatic carbocycles. The maximum atomic E-state index is 10.2. The first kappa shape index (κ1) is 14.1. The molecule has 1 fully saturated rings. The van der Waals surface area contributed by atoms with E-state index in [1.165, 1.54) is 0 Å². The standard InChI is InChI=1S/C16H24N2O/c1-3-4-5-15(18-10-8-17-9-11-18)14-7-6-13(2)12-16(14)19/h3,6-7,12,15,17,19H,1,4-5,8-11H2,2H3/t15-/m1/s1. The first-order valence-electron chi connectivity index (χ1n) is 7.07. The molecule has 0 saturated carbocycles. The van der Waals surface area contributed by atoms with Crippen molar-refractivity contribution in [3.05, 3.63) is 42.0 Å². The lowest BCUT2D eigenvalue weighted by molar-refractivity contribution is 0.163. The van der Waals surface area contributed by atoms with E-state index in [4.69, 9.17) is 0 Å². The minimum absolute atomic E-state index is 0.292.